The molecule has 1 saturated carbocycles. The van der Waals surface area contributed by atoms with Crippen LogP contribution in [0.15, 0.2) is 48.5 Å². The average molecular weight is 458 g/mol. The van der Waals surface area contributed by atoms with Crippen molar-refractivity contribution in [3.63, 3.8) is 0 Å². The van der Waals surface area contributed by atoms with Crippen LogP contribution in [-0.2, 0) is 9.47 Å². The van der Waals surface area contributed by atoms with Gasteiger partial charge in [-0.3, -0.25) is 4.90 Å². The van der Waals surface area contributed by atoms with Crippen LogP contribution in [0.2, 0.25) is 0 Å². The van der Waals surface area contributed by atoms with E-state index in [1.807, 2.05) is 60.5 Å². The summed E-state index contributed by atoms with van der Waals surface area (Å²) in [5.74, 6) is 0.809. The summed E-state index contributed by atoms with van der Waals surface area (Å²) < 4.78 is 16.7. The zero-order valence-corrected chi connectivity index (χ0v) is 19.7. The lowest BCUT2D eigenvalue weighted by Crippen LogP contribution is -2.41. The fourth-order valence-electron chi connectivity index (χ4n) is 3.87. The molecule has 0 spiro atoms. The van der Waals surface area contributed by atoms with E-state index in [1.165, 1.54) is 12.8 Å². The number of urea groups is 1. The van der Waals surface area contributed by atoms with E-state index in [-0.39, 0.29) is 25.3 Å². The van der Waals surface area contributed by atoms with Crippen LogP contribution < -0.4 is 19.9 Å². The van der Waals surface area contributed by atoms with Gasteiger partial charge in [-0.05, 0) is 74.2 Å². The molecule has 0 aliphatic heterocycles. The maximum atomic E-state index is 13.2. The van der Waals surface area contributed by atoms with Crippen molar-refractivity contribution >= 4 is 23.1 Å². The summed E-state index contributed by atoms with van der Waals surface area (Å²) in [7, 11) is 5.00. The summed E-state index contributed by atoms with van der Waals surface area (Å²) in [5, 5.41) is 12.1. The fraction of sp³-hybridized carbons (Fsp3) is 0.480. The van der Waals surface area contributed by atoms with Gasteiger partial charge in [0.2, 0.25) is 0 Å². The van der Waals surface area contributed by atoms with E-state index in [0.29, 0.717) is 17.9 Å². The van der Waals surface area contributed by atoms with Crippen molar-refractivity contribution in [3.8, 4) is 5.75 Å². The van der Waals surface area contributed by atoms with E-state index in [1.54, 1.807) is 19.1 Å². The summed E-state index contributed by atoms with van der Waals surface area (Å²) in [6, 6.07) is 14.7. The molecule has 1 aliphatic carbocycles. The monoisotopic (exact) mass is 457 g/mol. The van der Waals surface area contributed by atoms with Crippen molar-refractivity contribution in [3.05, 3.63) is 48.5 Å². The van der Waals surface area contributed by atoms with E-state index < -0.39 is 6.29 Å². The van der Waals surface area contributed by atoms with Gasteiger partial charge < -0.3 is 29.5 Å². The quantitative estimate of drug-likeness (QED) is 0.495. The predicted molar refractivity (Wildman–Crippen MR) is 130 cm³/mol. The Morgan fingerprint density at radius 2 is 1.64 bits per heavy atom. The number of benzene rings is 2. The molecule has 2 amide bonds. The number of carbonyl (C=O) groups excluding carboxylic acids is 1. The average Bonchev–Trinajstić information content (AvgIpc) is 3.34. The zero-order valence-electron chi connectivity index (χ0n) is 19.7. The largest absolute Gasteiger partial charge is 0.490 e. The third-order valence-electron chi connectivity index (χ3n) is 5.85. The van der Waals surface area contributed by atoms with E-state index in [0.717, 1.165) is 24.3 Å². The Kier molecular flexibility index (Phi) is 9.35. The summed E-state index contributed by atoms with van der Waals surface area (Å²) in [6.45, 7) is 0.836. The molecule has 33 heavy (non-hydrogen) atoms. The maximum Gasteiger partial charge on any atom is 0.326 e. The van der Waals surface area contributed by atoms with Crippen LogP contribution in [0.25, 0.3) is 0 Å². The van der Waals surface area contributed by atoms with Crippen molar-refractivity contribution < 1.29 is 24.1 Å². The third-order valence-corrected chi connectivity index (χ3v) is 5.85. The predicted octanol–water partition coefficient (Wildman–Crippen LogP) is 4.09. The summed E-state index contributed by atoms with van der Waals surface area (Å²) in [5.41, 5.74) is 2.33. The number of hydrogen-bond donors (Lipinski definition) is 2. The molecule has 0 radical (unpaired) electrons. The van der Waals surface area contributed by atoms with Gasteiger partial charge in [-0.1, -0.05) is 0 Å². The highest BCUT2D eigenvalue weighted by Gasteiger charge is 2.22. The van der Waals surface area contributed by atoms with Crippen LogP contribution in [0.4, 0.5) is 21.9 Å². The molecule has 2 aromatic carbocycles. The summed E-state index contributed by atoms with van der Waals surface area (Å²) in [6.07, 6.45) is 4.32. The van der Waals surface area contributed by atoms with Gasteiger partial charge in [-0.15, -0.1) is 0 Å². The second-order valence-electron chi connectivity index (χ2n) is 8.15. The van der Waals surface area contributed by atoms with Crippen LogP contribution in [0.3, 0.4) is 0 Å². The number of hydrogen-bond acceptors (Lipinski definition) is 6. The number of likely N-dealkylation sites (N-methyl/N-ethyl adjacent to an activating group) is 1. The Hall–Kier alpha value is -2.81. The molecule has 1 aliphatic rings. The second-order valence-corrected chi connectivity index (χ2v) is 8.15. The molecule has 0 unspecified atom stereocenters. The number of carbonyl (C=O) groups is 1. The van der Waals surface area contributed by atoms with Gasteiger partial charge >= 0.3 is 6.03 Å². The van der Waals surface area contributed by atoms with Crippen LogP contribution in [0, 0.1) is 0 Å². The molecule has 0 heterocycles. The van der Waals surface area contributed by atoms with Crippen LogP contribution >= 0.6 is 0 Å². The van der Waals surface area contributed by atoms with Crippen molar-refractivity contribution in [2.45, 2.75) is 38.1 Å². The minimum atomic E-state index is -0.570. The van der Waals surface area contributed by atoms with Gasteiger partial charge in [0, 0.05) is 44.9 Å². The number of nitrogens with zero attached hydrogens (tertiary/aromatic N) is 2. The lowest BCUT2D eigenvalue weighted by Gasteiger charge is -2.27. The molecule has 0 atom stereocenters. The fourth-order valence-corrected chi connectivity index (χ4v) is 3.87. The lowest BCUT2D eigenvalue weighted by molar-refractivity contribution is -0.0938. The first-order chi connectivity index (χ1) is 16.0. The van der Waals surface area contributed by atoms with Crippen LogP contribution in [0.5, 0.6) is 5.75 Å². The van der Waals surface area contributed by atoms with Gasteiger partial charge in [0.15, 0.2) is 6.29 Å². The first kappa shape index (κ1) is 24.8. The molecule has 2 N–H and O–H groups in total. The van der Waals surface area contributed by atoms with E-state index in [9.17, 15) is 4.79 Å². The molecule has 0 aromatic heterocycles. The van der Waals surface area contributed by atoms with Crippen LogP contribution in [0.1, 0.15) is 25.7 Å². The van der Waals surface area contributed by atoms with E-state index in [2.05, 4.69) is 5.32 Å². The Morgan fingerprint density at radius 1 is 1.03 bits per heavy atom. The lowest BCUT2D eigenvalue weighted by atomic mass is 10.2. The number of aliphatic hydroxyl groups excluding tert-OH is 1. The van der Waals surface area contributed by atoms with Crippen molar-refractivity contribution in [2.24, 2.45) is 0 Å². The Morgan fingerprint density at radius 3 is 2.21 bits per heavy atom. The number of anilines is 3. The second kappa shape index (κ2) is 12.4. The third kappa shape index (κ3) is 7.08. The van der Waals surface area contributed by atoms with Crippen molar-refractivity contribution in [1.29, 1.82) is 0 Å². The highest BCUT2D eigenvalue weighted by molar-refractivity contribution is 6.01. The molecule has 3 rings (SSSR count). The number of rotatable bonds is 11. The minimum Gasteiger partial charge on any atom is -0.490 e. The topological polar surface area (TPSA) is 83.5 Å². The van der Waals surface area contributed by atoms with Crippen molar-refractivity contribution in [1.82, 2.24) is 0 Å². The number of amides is 2. The highest BCUT2D eigenvalue weighted by atomic mass is 16.7. The van der Waals surface area contributed by atoms with E-state index in [4.69, 9.17) is 19.3 Å². The molecular weight excluding hydrogens is 422 g/mol. The van der Waals surface area contributed by atoms with Crippen molar-refractivity contribution in [2.75, 3.05) is 56.1 Å². The standard InChI is InChI=1S/C25H35N3O5/c1-27(16-17-29)20-10-8-19(9-11-20)26-25(30)28(18-24(31-2)32-3)21-12-14-23(15-13-21)33-22-6-4-5-7-22/h8-15,22,24,29H,4-7,16-18H2,1-3H3,(H,26,30). The molecular formula is C25H35N3O5. The molecule has 2 aromatic rings. The minimum absolute atomic E-state index is 0.0780. The first-order valence-electron chi connectivity index (χ1n) is 11.4. The van der Waals surface area contributed by atoms with Gasteiger partial charge in [0.05, 0.1) is 19.3 Å². The molecule has 0 bridgehead atoms. The van der Waals surface area contributed by atoms with Crippen LogP contribution in [-0.4, -0.2) is 64.5 Å². The number of ether oxygens (including phenoxy) is 3. The van der Waals surface area contributed by atoms with Gasteiger partial charge in [-0.25, -0.2) is 4.79 Å². The Bertz CT molecular complexity index is 849. The molecule has 1 fully saturated rings. The number of methoxy groups -OCH3 is 2. The SMILES string of the molecule is COC(CN(C(=O)Nc1ccc(N(C)CCO)cc1)c1ccc(OC2CCCC2)cc1)OC. The smallest absolute Gasteiger partial charge is 0.326 e. The van der Waals surface area contributed by atoms with E-state index >= 15 is 0 Å². The summed E-state index contributed by atoms with van der Waals surface area (Å²) in [4.78, 5) is 16.7. The summed E-state index contributed by atoms with van der Waals surface area (Å²) >= 11 is 0. The number of nitrogens with one attached hydrogen (secondary N) is 1. The first-order valence-corrected chi connectivity index (χ1v) is 11.4. The molecule has 8 nitrogen and oxygen atoms in total. The van der Waals surface area contributed by atoms with Gasteiger partial charge in [0.1, 0.15) is 5.75 Å². The normalized spacial score (nSPS) is 13.8. The number of aliphatic hydroxyl groups is 1. The molecule has 0 saturated heterocycles. The molecule has 180 valence electrons. The maximum absolute atomic E-state index is 13.2. The van der Waals surface area contributed by atoms with Gasteiger partial charge in [0.25, 0.3) is 0 Å². The zero-order chi connectivity index (χ0) is 23.6. The van der Waals surface area contributed by atoms with Gasteiger partial charge in [-0.2, -0.15) is 0 Å². The Balaban J connectivity index is 1.71. The highest BCUT2D eigenvalue weighted by Crippen LogP contribution is 2.27. The Labute approximate surface area is 196 Å². The molecule has 8 heteroatoms.